The molecule has 7 heteroatoms. The molecule has 0 aliphatic carbocycles. The summed E-state index contributed by atoms with van der Waals surface area (Å²) in [6, 6.07) is 6.92. The topological polar surface area (TPSA) is 96.8 Å². The number of pyridine rings is 1. The molecule has 1 aromatic carbocycles. The molecule has 0 aliphatic rings. The average molecular weight is 354 g/mol. The van der Waals surface area contributed by atoms with E-state index in [1.54, 1.807) is 6.20 Å². The van der Waals surface area contributed by atoms with Crippen molar-refractivity contribution in [3.8, 4) is 0 Å². The summed E-state index contributed by atoms with van der Waals surface area (Å²) in [6.07, 6.45) is 5.00. The lowest BCUT2D eigenvalue weighted by Gasteiger charge is -2.10. The molecule has 3 rings (SSSR count). The van der Waals surface area contributed by atoms with Crippen molar-refractivity contribution in [1.29, 1.82) is 0 Å². The minimum atomic E-state index is -0.521. The molecule has 2 heterocycles. The summed E-state index contributed by atoms with van der Waals surface area (Å²) in [4.78, 5) is 35.4. The molecule has 7 nitrogen and oxygen atoms in total. The molecule has 0 unspecified atom stereocenters. The number of nitrogens with one attached hydrogen (secondary N) is 2. The number of amides is 1. The highest BCUT2D eigenvalue weighted by molar-refractivity contribution is 5.95. The van der Waals surface area contributed by atoms with Crippen molar-refractivity contribution in [1.82, 2.24) is 20.1 Å². The molecule has 26 heavy (non-hydrogen) atoms. The quantitative estimate of drug-likeness (QED) is 0.703. The van der Waals surface area contributed by atoms with Crippen LogP contribution >= 0.6 is 0 Å². The number of aromatic nitrogens is 3. The summed E-state index contributed by atoms with van der Waals surface area (Å²) in [5, 5.41) is 10.2. The van der Waals surface area contributed by atoms with Gasteiger partial charge in [-0.2, -0.15) is 5.10 Å². The number of aromatic amines is 1. The zero-order valence-corrected chi connectivity index (χ0v) is 15.1. The maximum absolute atomic E-state index is 12.5. The Bertz CT molecular complexity index is 972. The Morgan fingerprint density at radius 1 is 1.35 bits per heavy atom. The number of benzene rings is 1. The van der Waals surface area contributed by atoms with Crippen LogP contribution in [0.25, 0.3) is 10.9 Å². The van der Waals surface area contributed by atoms with Crippen molar-refractivity contribution in [2.24, 2.45) is 0 Å². The van der Waals surface area contributed by atoms with Gasteiger partial charge in [-0.3, -0.25) is 19.5 Å². The fourth-order valence-electron chi connectivity index (χ4n) is 2.48. The number of carbonyl (C=O) groups is 2. The van der Waals surface area contributed by atoms with E-state index in [2.05, 4.69) is 29.4 Å². The van der Waals surface area contributed by atoms with Crippen LogP contribution in [-0.4, -0.2) is 34.0 Å². The van der Waals surface area contributed by atoms with Crippen LogP contribution in [0.5, 0.6) is 0 Å². The van der Waals surface area contributed by atoms with Gasteiger partial charge in [-0.1, -0.05) is 38.5 Å². The second kappa shape index (κ2) is 8.75. The molecule has 2 N–H and O–H groups in total. The van der Waals surface area contributed by atoms with E-state index in [0.717, 1.165) is 16.5 Å². The van der Waals surface area contributed by atoms with Gasteiger partial charge < -0.3 is 9.88 Å². The molecule has 0 radical (unpaired) electrons. The van der Waals surface area contributed by atoms with Crippen LogP contribution in [0.2, 0.25) is 0 Å². The van der Waals surface area contributed by atoms with Crippen molar-refractivity contribution in [3.63, 3.8) is 0 Å². The van der Waals surface area contributed by atoms with Gasteiger partial charge in [-0.05, 0) is 11.6 Å². The maximum Gasteiger partial charge on any atom is 0.263 e. The fourth-order valence-corrected chi connectivity index (χ4v) is 2.48. The first-order valence-electron chi connectivity index (χ1n) is 8.38. The molecule has 0 saturated heterocycles. The molecule has 0 aliphatic heterocycles. The second-order valence-corrected chi connectivity index (χ2v) is 5.78. The minimum absolute atomic E-state index is 0.0612. The Morgan fingerprint density at radius 2 is 2.08 bits per heavy atom. The highest BCUT2D eigenvalue weighted by atomic mass is 16.2. The number of aldehydes is 1. The van der Waals surface area contributed by atoms with Gasteiger partial charge in [0.1, 0.15) is 5.56 Å². The predicted octanol–water partition coefficient (Wildman–Crippen LogP) is 2.36. The summed E-state index contributed by atoms with van der Waals surface area (Å²) in [6.45, 7) is 4.48. The monoisotopic (exact) mass is 354 g/mol. The number of para-hydroxylation sites is 1. The molecule has 0 saturated carbocycles. The smallest absolute Gasteiger partial charge is 0.263 e. The molecular weight excluding hydrogens is 332 g/mol. The van der Waals surface area contributed by atoms with Gasteiger partial charge in [-0.25, -0.2) is 0 Å². The average Bonchev–Trinajstić information content (AvgIpc) is 3.13. The molecule has 0 atom stereocenters. The van der Waals surface area contributed by atoms with Crippen molar-refractivity contribution >= 4 is 23.1 Å². The van der Waals surface area contributed by atoms with Crippen LogP contribution in [0.1, 0.15) is 46.5 Å². The zero-order chi connectivity index (χ0) is 19.1. The van der Waals surface area contributed by atoms with E-state index in [1.807, 2.05) is 18.2 Å². The first-order valence-corrected chi connectivity index (χ1v) is 8.38. The number of H-pyrrole nitrogens is 1. The van der Waals surface area contributed by atoms with Gasteiger partial charge in [0, 0.05) is 24.2 Å². The summed E-state index contributed by atoms with van der Waals surface area (Å²) in [5.41, 5.74) is 1.41. The first kappa shape index (κ1) is 19.1. The molecule has 0 bridgehead atoms. The molecular formula is C19H22N4O3. The van der Waals surface area contributed by atoms with Crippen molar-refractivity contribution in [3.05, 3.63) is 63.7 Å². The third-order valence-electron chi connectivity index (χ3n) is 3.62. The van der Waals surface area contributed by atoms with Crippen LogP contribution in [0, 0.1) is 0 Å². The van der Waals surface area contributed by atoms with E-state index >= 15 is 0 Å². The van der Waals surface area contributed by atoms with Crippen molar-refractivity contribution in [2.45, 2.75) is 26.8 Å². The van der Waals surface area contributed by atoms with Crippen LogP contribution in [0.3, 0.4) is 0 Å². The van der Waals surface area contributed by atoms with E-state index in [1.165, 1.54) is 30.3 Å². The van der Waals surface area contributed by atoms with E-state index in [9.17, 15) is 14.4 Å². The van der Waals surface area contributed by atoms with Gasteiger partial charge >= 0.3 is 0 Å². The van der Waals surface area contributed by atoms with E-state index in [-0.39, 0.29) is 17.7 Å². The molecule has 0 fully saturated rings. The molecule has 0 spiro atoms. The first-order chi connectivity index (χ1) is 12.5. The van der Waals surface area contributed by atoms with Gasteiger partial charge in [0.25, 0.3) is 11.5 Å². The Balaban J connectivity index is 0.000000758. The summed E-state index contributed by atoms with van der Waals surface area (Å²) in [5.74, 6) is -0.521. The standard InChI is InChI=1S/C16H14N4O3.C3H8/c1-17-15(22)13-5-10(9-21)7-20(16(13)23)8-12-4-2-3-11-6-18-19-14(11)12;1-3-2/h2-7,9H,8H2,1H3,(H,17,22)(H,18,19);3H2,1-2H3. The lowest BCUT2D eigenvalue weighted by molar-refractivity contribution is 0.0961. The number of hydrogen-bond acceptors (Lipinski definition) is 4. The van der Waals surface area contributed by atoms with Gasteiger partial charge in [0.2, 0.25) is 0 Å². The number of carbonyl (C=O) groups excluding carboxylic acids is 2. The molecule has 136 valence electrons. The Kier molecular flexibility index (Phi) is 6.43. The van der Waals surface area contributed by atoms with E-state index < -0.39 is 11.5 Å². The third kappa shape index (κ3) is 4.05. The SMILES string of the molecule is CCC.CNC(=O)c1cc(C=O)cn(Cc2cccc3cn[nH]c23)c1=O. The van der Waals surface area contributed by atoms with Crippen LogP contribution in [0.15, 0.2) is 41.5 Å². The van der Waals surface area contributed by atoms with Gasteiger partial charge in [0.05, 0.1) is 18.3 Å². The molecule has 3 aromatic rings. The highest BCUT2D eigenvalue weighted by Gasteiger charge is 2.14. The Hall–Kier alpha value is -3.22. The second-order valence-electron chi connectivity index (χ2n) is 5.78. The summed E-state index contributed by atoms with van der Waals surface area (Å²) < 4.78 is 1.35. The Labute approximate surface area is 151 Å². The van der Waals surface area contributed by atoms with Crippen LogP contribution in [-0.2, 0) is 6.54 Å². The van der Waals surface area contributed by atoms with Crippen molar-refractivity contribution < 1.29 is 9.59 Å². The minimum Gasteiger partial charge on any atom is -0.355 e. The Morgan fingerprint density at radius 3 is 2.73 bits per heavy atom. The summed E-state index contributed by atoms with van der Waals surface area (Å²) in [7, 11) is 1.44. The van der Waals surface area contributed by atoms with Crippen LogP contribution < -0.4 is 10.9 Å². The van der Waals surface area contributed by atoms with Crippen molar-refractivity contribution in [2.75, 3.05) is 7.05 Å². The fraction of sp³-hybridized carbons (Fsp3) is 0.263. The lowest BCUT2D eigenvalue weighted by Crippen LogP contribution is -2.32. The third-order valence-corrected chi connectivity index (χ3v) is 3.62. The van der Waals surface area contributed by atoms with E-state index in [4.69, 9.17) is 0 Å². The normalized spacial score (nSPS) is 10.1. The number of rotatable bonds is 4. The predicted molar refractivity (Wildman–Crippen MR) is 101 cm³/mol. The molecule has 1 amide bonds. The van der Waals surface area contributed by atoms with E-state index in [0.29, 0.717) is 6.29 Å². The lowest BCUT2D eigenvalue weighted by atomic mass is 10.1. The number of fused-ring (bicyclic) bond motifs is 1. The number of nitrogens with zero attached hydrogens (tertiary/aromatic N) is 2. The largest absolute Gasteiger partial charge is 0.355 e. The van der Waals surface area contributed by atoms with Crippen LogP contribution in [0.4, 0.5) is 0 Å². The molecule has 2 aromatic heterocycles. The van der Waals surface area contributed by atoms with Gasteiger partial charge in [-0.15, -0.1) is 0 Å². The maximum atomic E-state index is 12.5. The highest BCUT2D eigenvalue weighted by Crippen LogP contribution is 2.16. The number of hydrogen-bond donors (Lipinski definition) is 2. The van der Waals surface area contributed by atoms with Gasteiger partial charge in [0.15, 0.2) is 6.29 Å². The zero-order valence-electron chi connectivity index (χ0n) is 15.1. The summed E-state index contributed by atoms with van der Waals surface area (Å²) >= 11 is 0.